The topological polar surface area (TPSA) is 135 Å². The van der Waals surface area contributed by atoms with Crippen LogP contribution in [0.3, 0.4) is 0 Å². The smallest absolute Gasteiger partial charge is 0.427 e. The summed E-state index contributed by atoms with van der Waals surface area (Å²) < 4.78 is 117. The van der Waals surface area contributed by atoms with Gasteiger partial charge in [-0.25, -0.2) is 13.2 Å². The molecule has 1 aliphatic heterocycles. The van der Waals surface area contributed by atoms with Crippen LogP contribution in [0.25, 0.3) is 0 Å². The van der Waals surface area contributed by atoms with Crippen LogP contribution in [0.1, 0.15) is 32.8 Å². The number of aromatic nitrogens is 1. The van der Waals surface area contributed by atoms with Gasteiger partial charge >= 0.3 is 24.4 Å². The summed E-state index contributed by atoms with van der Waals surface area (Å²) in [5, 5.41) is 11.3. The van der Waals surface area contributed by atoms with E-state index in [2.05, 4.69) is 9.72 Å². The van der Waals surface area contributed by atoms with Gasteiger partial charge in [0, 0.05) is 18.1 Å². The van der Waals surface area contributed by atoms with E-state index in [0.29, 0.717) is 36.6 Å². The maximum Gasteiger partial charge on any atom is 0.427 e. The van der Waals surface area contributed by atoms with Gasteiger partial charge in [-0.1, -0.05) is 6.92 Å². The third-order valence-electron chi connectivity index (χ3n) is 5.83. The number of carbonyl (C=O) groups is 2. The number of hydrogen-bond acceptors (Lipinski definition) is 7. The first-order valence-electron chi connectivity index (χ1n) is 11.4. The molecule has 1 aromatic heterocycles. The second-order valence-electron chi connectivity index (χ2n) is 9.36. The zero-order valence-electron chi connectivity index (χ0n) is 21.0. The van der Waals surface area contributed by atoms with E-state index in [0.717, 1.165) is 18.2 Å². The Morgan fingerprint density at radius 2 is 1.82 bits per heavy atom. The Morgan fingerprint density at radius 3 is 2.40 bits per heavy atom. The molecule has 2 heterocycles. The summed E-state index contributed by atoms with van der Waals surface area (Å²) in [5.41, 5.74) is -4.73. The van der Waals surface area contributed by atoms with Gasteiger partial charge in [0.05, 0.1) is 23.7 Å². The fraction of sp³-hybridized carbons (Fsp3) is 0.435. The van der Waals surface area contributed by atoms with Crippen molar-refractivity contribution >= 4 is 33.5 Å². The first-order chi connectivity index (χ1) is 18.2. The van der Waals surface area contributed by atoms with Gasteiger partial charge in [-0.05, 0) is 44.5 Å². The number of carboxylic acid groups (broad SMARTS) is 1. The maximum atomic E-state index is 13.5. The number of aliphatic carboxylic acids is 1. The number of carboxylic acids is 1. The van der Waals surface area contributed by atoms with Crippen LogP contribution in [0, 0.1) is 5.92 Å². The van der Waals surface area contributed by atoms with Crippen LogP contribution in [-0.2, 0) is 25.7 Å². The molecule has 1 amide bonds. The lowest BCUT2D eigenvalue weighted by molar-refractivity contribution is -0.242. The molecule has 0 bridgehead atoms. The average molecular weight is 600 g/mol. The van der Waals surface area contributed by atoms with Crippen LogP contribution in [0.5, 0.6) is 5.75 Å². The Balaban J connectivity index is 2.02. The van der Waals surface area contributed by atoms with Crippen LogP contribution < -0.4 is 14.4 Å². The quantitative estimate of drug-likeness (QED) is 0.422. The van der Waals surface area contributed by atoms with Crippen LogP contribution in [0.15, 0.2) is 41.6 Å². The van der Waals surface area contributed by atoms with E-state index in [4.69, 9.17) is 4.74 Å². The van der Waals surface area contributed by atoms with Crippen molar-refractivity contribution in [3.8, 4) is 5.75 Å². The molecule has 0 aliphatic carbocycles. The Hall–Kier alpha value is -3.76. The normalized spacial score (nSPS) is 16.9. The van der Waals surface area contributed by atoms with Crippen molar-refractivity contribution in [3.63, 3.8) is 0 Å². The SMILES string of the molecule is C[C@@H](C[C@H]1CN(S(=O)(=O)c2cncc(C(F)(F)F)c2)c2cc(NC(=O)OC(C)(C)C(F)(F)F)ccc2O1)C(=O)O. The molecule has 40 heavy (non-hydrogen) atoms. The lowest BCUT2D eigenvalue weighted by Gasteiger charge is -2.36. The molecule has 0 spiro atoms. The largest absolute Gasteiger partial charge is 0.486 e. The van der Waals surface area contributed by atoms with Crippen LogP contribution in [0.2, 0.25) is 0 Å². The molecule has 1 aliphatic rings. The Bertz CT molecular complexity index is 1400. The fourth-order valence-corrected chi connectivity index (χ4v) is 5.00. The maximum absolute atomic E-state index is 13.5. The number of amides is 1. The Morgan fingerprint density at radius 1 is 1.18 bits per heavy atom. The number of ether oxygens (including phenoxy) is 2. The number of nitrogens with one attached hydrogen (secondary N) is 1. The summed E-state index contributed by atoms with van der Waals surface area (Å²) in [4.78, 5) is 26.0. The lowest BCUT2D eigenvalue weighted by atomic mass is 10.0. The number of halogens is 6. The monoisotopic (exact) mass is 599 g/mol. The minimum atomic E-state index is -4.91. The van der Waals surface area contributed by atoms with E-state index >= 15 is 0 Å². The molecule has 0 saturated carbocycles. The summed E-state index contributed by atoms with van der Waals surface area (Å²) in [7, 11) is -4.79. The van der Waals surface area contributed by atoms with Gasteiger partial charge in [-0.3, -0.25) is 19.4 Å². The minimum Gasteiger partial charge on any atom is -0.486 e. The average Bonchev–Trinajstić information content (AvgIpc) is 2.82. The number of rotatable bonds is 7. The van der Waals surface area contributed by atoms with Gasteiger partial charge in [-0.15, -0.1) is 0 Å². The van der Waals surface area contributed by atoms with E-state index in [1.54, 1.807) is 0 Å². The molecule has 2 N–H and O–H groups in total. The van der Waals surface area contributed by atoms with Crippen molar-refractivity contribution in [1.29, 1.82) is 0 Å². The predicted molar refractivity (Wildman–Crippen MR) is 126 cm³/mol. The number of benzene rings is 1. The minimum absolute atomic E-state index is 0.146. The highest BCUT2D eigenvalue weighted by Gasteiger charge is 2.51. The third-order valence-corrected chi connectivity index (χ3v) is 7.58. The molecule has 2 atom stereocenters. The molecule has 1 aromatic carbocycles. The predicted octanol–water partition coefficient (Wildman–Crippen LogP) is 5.06. The fourth-order valence-electron chi connectivity index (χ4n) is 3.51. The first kappa shape index (κ1) is 30.8. The summed E-state index contributed by atoms with van der Waals surface area (Å²) in [5.74, 6) is -2.34. The number of hydrogen-bond donors (Lipinski definition) is 2. The van der Waals surface area contributed by atoms with Crippen LogP contribution >= 0.6 is 0 Å². The van der Waals surface area contributed by atoms with E-state index in [1.165, 1.54) is 6.92 Å². The first-order valence-corrected chi connectivity index (χ1v) is 12.8. The second-order valence-corrected chi connectivity index (χ2v) is 11.2. The van der Waals surface area contributed by atoms with Gasteiger partial charge in [0.1, 0.15) is 16.7 Å². The van der Waals surface area contributed by atoms with E-state index in [-0.39, 0.29) is 23.5 Å². The molecule has 0 saturated heterocycles. The molecular weight excluding hydrogens is 576 g/mol. The lowest BCUT2D eigenvalue weighted by Crippen LogP contribution is -2.45. The van der Waals surface area contributed by atoms with Crippen molar-refractivity contribution in [2.45, 2.75) is 56.1 Å². The standard InChI is InChI=1S/C23H23F6N3O7S/c1-12(19(33)34)6-15-11-32(40(36,37)16-7-13(9-30-10-16)22(24,25)26)17-8-14(4-5-18(17)38-15)31-20(35)39-21(2,3)23(27,28)29/h4-5,7-10,12,15H,6,11H2,1-3H3,(H,31,35)(H,33,34)/t12-,15-/m0/s1. The highest BCUT2D eigenvalue weighted by Crippen LogP contribution is 2.41. The molecule has 220 valence electrons. The summed E-state index contributed by atoms with van der Waals surface area (Å²) in [6, 6.07) is 3.68. The number of pyridine rings is 1. The highest BCUT2D eigenvalue weighted by molar-refractivity contribution is 7.92. The van der Waals surface area contributed by atoms with Gasteiger partial charge in [0.25, 0.3) is 10.0 Å². The Kier molecular flexibility index (Phi) is 8.21. The zero-order chi connectivity index (χ0) is 30.3. The third kappa shape index (κ3) is 6.68. The molecule has 0 radical (unpaired) electrons. The van der Waals surface area contributed by atoms with E-state index < -0.39 is 69.1 Å². The van der Waals surface area contributed by atoms with Crippen LogP contribution in [0.4, 0.5) is 42.5 Å². The van der Waals surface area contributed by atoms with Gasteiger partial charge < -0.3 is 14.6 Å². The van der Waals surface area contributed by atoms with Gasteiger partial charge in [0.15, 0.2) is 0 Å². The zero-order valence-corrected chi connectivity index (χ0v) is 21.8. The molecule has 2 aromatic rings. The van der Waals surface area contributed by atoms with Crippen molar-refractivity contribution in [2.24, 2.45) is 5.92 Å². The van der Waals surface area contributed by atoms with E-state index in [1.807, 2.05) is 5.32 Å². The van der Waals surface area contributed by atoms with Crippen molar-refractivity contribution < 1.29 is 58.9 Å². The molecule has 10 nitrogen and oxygen atoms in total. The number of alkyl halides is 6. The van der Waals surface area contributed by atoms with Crippen molar-refractivity contribution in [1.82, 2.24) is 4.98 Å². The summed E-state index contributed by atoms with van der Waals surface area (Å²) in [6.07, 6.45) is -11.5. The number of fused-ring (bicyclic) bond motifs is 1. The summed E-state index contributed by atoms with van der Waals surface area (Å²) in [6.45, 7) is 2.03. The molecule has 0 unspecified atom stereocenters. The molecule has 17 heteroatoms. The van der Waals surface area contributed by atoms with Crippen molar-refractivity contribution in [2.75, 3.05) is 16.2 Å². The van der Waals surface area contributed by atoms with Gasteiger partial charge in [-0.2, -0.15) is 26.3 Å². The highest BCUT2D eigenvalue weighted by atomic mass is 32.2. The van der Waals surface area contributed by atoms with Crippen LogP contribution in [-0.4, -0.2) is 55.0 Å². The van der Waals surface area contributed by atoms with Gasteiger partial charge in [0.2, 0.25) is 5.60 Å². The summed E-state index contributed by atoms with van der Waals surface area (Å²) >= 11 is 0. The van der Waals surface area contributed by atoms with E-state index in [9.17, 15) is 49.5 Å². The number of anilines is 2. The van der Waals surface area contributed by atoms with Crippen molar-refractivity contribution in [3.05, 3.63) is 42.2 Å². The Labute approximate surface area is 223 Å². The molecule has 0 fully saturated rings. The number of sulfonamides is 1. The number of carbonyl (C=O) groups excluding carboxylic acids is 1. The number of nitrogens with zero attached hydrogens (tertiary/aromatic N) is 2. The molecule has 3 rings (SSSR count). The second kappa shape index (κ2) is 10.7. The molecular formula is C23H23F6N3O7S.